The molecule has 0 aromatic rings. The third-order valence-corrected chi connectivity index (χ3v) is 10.2. The van der Waals surface area contributed by atoms with Crippen molar-refractivity contribution in [1.82, 2.24) is 0 Å². The van der Waals surface area contributed by atoms with Crippen LogP contribution in [0.15, 0.2) is 72.9 Å². The van der Waals surface area contributed by atoms with E-state index in [1.165, 1.54) is 116 Å². The van der Waals surface area contributed by atoms with Gasteiger partial charge in [-0.15, -0.1) is 0 Å². The van der Waals surface area contributed by atoms with Crippen molar-refractivity contribution < 1.29 is 28.6 Å². The van der Waals surface area contributed by atoms with E-state index in [4.69, 9.17) is 14.2 Å². The van der Waals surface area contributed by atoms with E-state index in [-0.39, 0.29) is 31.6 Å². The van der Waals surface area contributed by atoms with Crippen molar-refractivity contribution in [3.05, 3.63) is 72.9 Å². The molecule has 0 aromatic carbocycles. The van der Waals surface area contributed by atoms with Gasteiger partial charge in [0.25, 0.3) is 0 Å². The number of carbonyl (C=O) groups is 3. The molecule has 0 spiro atoms. The second-order valence-corrected chi connectivity index (χ2v) is 16.0. The van der Waals surface area contributed by atoms with E-state index in [1.807, 2.05) is 6.08 Å². The van der Waals surface area contributed by atoms with Crippen molar-refractivity contribution in [2.45, 2.75) is 232 Å². The predicted molar refractivity (Wildman–Crippen MR) is 251 cm³/mol. The second-order valence-electron chi connectivity index (χ2n) is 16.0. The molecule has 6 heteroatoms. The molecule has 0 N–H and O–H groups in total. The fourth-order valence-corrected chi connectivity index (χ4v) is 6.55. The van der Waals surface area contributed by atoms with Gasteiger partial charge in [0.15, 0.2) is 6.10 Å². The topological polar surface area (TPSA) is 78.9 Å². The molecule has 1 unspecified atom stereocenters. The molecule has 1 atom stereocenters. The van der Waals surface area contributed by atoms with Gasteiger partial charge in [-0.05, 0) is 83.5 Å². The van der Waals surface area contributed by atoms with Crippen LogP contribution in [0.2, 0.25) is 0 Å². The van der Waals surface area contributed by atoms with Crippen molar-refractivity contribution in [1.29, 1.82) is 0 Å². The molecule has 0 bridgehead atoms. The summed E-state index contributed by atoms with van der Waals surface area (Å²) in [6.45, 7) is 6.37. The Kier molecular flexibility index (Phi) is 45.0. The molecular formula is C53H90O6. The molecule has 0 saturated heterocycles. The van der Waals surface area contributed by atoms with Gasteiger partial charge in [0.2, 0.25) is 0 Å². The Balaban J connectivity index is 4.40. The number of rotatable bonds is 43. The van der Waals surface area contributed by atoms with Gasteiger partial charge >= 0.3 is 17.9 Å². The molecule has 0 aliphatic carbocycles. The highest BCUT2D eigenvalue weighted by molar-refractivity contribution is 5.72. The summed E-state index contributed by atoms with van der Waals surface area (Å²) in [5.74, 6) is -1.06. The molecule has 0 saturated carbocycles. The van der Waals surface area contributed by atoms with Gasteiger partial charge in [-0.25, -0.2) is 0 Å². The van der Waals surface area contributed by atoms with Gasteiger partial charge in [-0.3, -0.25) is 14.4 Å². The van der Waals surface area contributed by atoms with Crippen molar-refractivity contribution in [3.63, 3.8) is 0 Å². The summed E-state index contributed by atoms with van der Waals surface area (Å²) in [4.78, 5) is 37.7. The molecule has 0 radical (unpaired) electrons. The van der Waals surface area contributed by atoms with Gasteiger partial charge in [-0.2, -0.15) is 0 Å². The summed E-state index contributed by atoms with van der Waals surface area (Å²) in [5, 5.41) is 0. The van der Waals surface area contributed by atoms with Gasteiger partial charge in [-0.1, -0.05) is 196 Å². The molecular weight excluding hydrogens is 733 g/mol. The maximum absolute atomic E-state index is 12.7. The Bertz CT molecular complexity index is 1130. The zero-order valence-electron chi connectivity index (χ0n) is 38.5. The zero-order valence-corrected chi connectivity index (χ0v) is 38.5. The number of hydrogen-bond acceptors (Lipinski definition) is 6. The van der Waals surface area contributed by atoms with Crippen LogP contribution in [0.1, 0.15) is 226 Å². The quantitative estimate of drug-likeness (QED) is 0.0200. The highest BCUT2D eigenvalue weighted by Crippen LogP contribution is 2.13. The van der Waals surface area contributed by atoms with E-state index in [0.29, 0.717) is 12.8 Å². The summed E-state index contributed by atoms with van der Waals surface area (Å²) in [6.07, 6.45) is 59.2. The van der Waals surface area contributed by atoms with Crippen LogP contribution in [0.5, 0.6) is 0 Å². The molecule has 0 aliphatic rings. The Hall–Kier alpha value is -3.15. The first-order valence-electron chi connectivity index (χ1n) is 24.5. The second kappa shape index (κ2) is 47.5. The van der Waals surface area contributed by atoms with Crippen molar-refractivity contribution in [2.75, 3.05) is 13.2 Å². The third kappa shape index (κ3) is 45.8. The molecule has 0 aliphatic heterocycles. The molecule has 0 heterocycles. The predicted octanol–water partition coefficient (Wildman–Crippen LogP) is 15.9. The summed E-state index contributed by atoms with van der Waals surface area (Å²) in [7, 11) is 0. The first-order chi connectivity index (χ1) is 29.0. The van der Waals surface area contributed by atoms with Crippen LogP contribution in [-0.2, 0) is 28.6 Å². The van der Waals surface area contributed by atoms with Crippen LogP contribution < -0.4 is 0 Å². The Morgan fingerprint density at radius 1 is 0.390 bits per heavy atom. The van der Waals surface area contributed by atoms with Crippen molar-refractivity contribution in [3.8, 4) is 0 Å². The molecule has 6 nitrogen and oxygen atoms in total. The van der Waals surface area contributed by atoms with Crippen LogP contribution in [0, 0.1) is 0 Å². The first kappa shape index (κ1) is 55.9. The minimum Gasteiger partial charge on any atom is -0.462 e. The molecule has 0 aromatic heterocycles. The maximum atomic E-state index is 12.7. The summed E-state index contributed by atoms with van der Waals surface area (Å²) in [5.41, 5.74) is 0. The number of ether oxygens (including phenoxy) is 3. The van der Waals surface area contributed by atoms with Crippen LogP contribution in [-0.4, -0.2) is 37.2 Å². The van der Waals surface area contributed by atoms with Crippen LogP contribution in [0.3, 0.4) is 0 Å². The average Bonchev–Trinajstić information content (AvgIpc) is 3.23. The average molecular weight is 823 g/mol. The lowest BCUT2D eigenvalue weighted by Gasteiger charge is -2.18. The zero-order chi connectivity index (χ0) is 43.0. The van der Waals surface area contributed by atoms with Gasteiger partial charge in [0.1, 0.15) is 13.2 Å². The minimum absolute atomic E-state index is 0.110. The summed E-state index contributed by atoms with van der Waals surface area (Å²) >= 11 is 0. The number of allylic oxidation sites excluding steroid dienone is 11. The van der Waals surface area contributed by atoms with E-state index in [9.17, 15) is 14.4 Å². The summed E-state index contributed by atoms with van der Waals surface area (Å²) in [6, 6.07) is 0. The van der Waals surface area contributed by atoms with Crippen molar-refractivity contribution >= 4 is 17.9 Å². The van der Waals surface area contributed by atoms with Crippen LogP contribution in [0.25, 0.3) is 0 Å². The molecule has 0 rings (SSSR count). The number of hydrogen-bond donors (Lipinski definition) is 0. The van der Waals surface area contributed by atoms with E-state index < -0.39 is 12.1 Å². The van der Waals surface area contributed by atoms with Crippen molar-refractivity contribution in [2.24, 2.45) is 0 Å². The number of unbranched alkanes of at least 4 members (excludes halogenated alkanes) is 22. The lowest BCUT2D eigenvalue weighted by molar-refractivity contribution is -0.166. The molecule has 0 amide bonds. The van der Waals surface area contributed by atoms with Gasteiger partial charge in [0.05, 0.1) is 6.42 Å². The first-order valence-corrected chi connectivity index (χ1v) is 24.5. The van der Waals surface area contributed by atoms with Gasteiger partial charge < -0.3 is 14.2 Å². The smallest absolute Gasteiger partial charge is 0.309 e. The highest BCUT2D eigenvalue weighted by Gasteiger charge is 2.19. The number of carbonyl (C=O) groups excluding carboxylic acids is 3. The molecule has 338 valence electrons. The fourth-order valence-electron chi connectivity index (χ4n) is 6.55. The lowest BCUT2D eigenvalue weighted by Crippen LogP contribution is -2.30. The molecule has 0 fully saturated rings. The highest BCUT2D eigenvalue weighted by atomic mass is 16.6. The number of esters is 3. The maximum Gasteiger partial charge on any atom is 0.309 e. The third-order valence-electron chi connectivity index (χ3n) is 10.2. The van der Waals surface area contributed by atoms with Crippen LogP contribution in [0.4, 0.5) is 0 Å². The normalized spacial score (nSPS) is 12.7. The fraction of sp³-hybridized carbons (Fsp3) is 0.717. The Labute approximate surface area is 363 Å². The summed E-state index contributed by atoms with van der Waals surface area (Å²) < 4.78 is 16.6. The standard InChI is InChI=1S/C53H90O6/c1-4-7-10-13-16-19-21-23-25-26-28-29-31-34-37-40-43-46-52(55)58-49-50(48-57-51(54)45-42-39-36-33-18-15-12-9-6-3)59-53(56)47-44-41-38-35-32-30-27-24-22-20-17-14-11-8-5-2/h9,12,17-18,20,22-25,33,39,42,50H,4-8,10-11,13-16,19,21,26-32,34-38,40-41,43-49H2,1-3H3/b12-9-,20-17-,24-22-,25-23-,33-18-,42-39-. The van der Waals surface area contributed by atoms with E-state index in [1.54, 1.807) is 6.08 Å². The largest absolute Gasteiger partial charge is 0.462 e. The lowest BCUT2D eigenvalue weighted by atomic mass is 10.1. The Morgan fingerprint density at radius 3 is 1.31 bits per heavy atom. The van der Waals surface area contributed by atoms with E-state index in [2.05, 4.69) is 81.5 Å². The van der Waals surface area contributed by atoms with Gasteiger partial charge in [0, 0.05) is 12.8 Å². The van der Waals surface area contributed by atoms with E-state index >= 15 is 0 Å². The van der Waals surface area contributed by atoms with E-state index in [0.717, 1.165) is 70.6 Å². The van der Waals surface area contributed by atoms with Crippen LogP contribution >= 0.6 is 0 Å². The Morgan fingerprint density at radius 2 is 0.780 bits per heavy atom. The monoisotopic (exact) mass is 823 g/mol. The SMILES string of the molecule is CC/C=C\C/C=C\C/C=C\CC(=O)OCC(COC(=O)CCCCCCCCC/C=C\CCCCCCCC)OC(=O)CCCCCCCC/C=C\C=C/CCCCC. The molecule has 59 heavy (non-hydrogen) atoms. The minimum atomic E-state index is -0.817.